The molecule has 0 aromatic heterocycles. The molecule has 1 fully saturated rings. The number of aryl methyl sites for hydroxylation is 1. The van der Waals surface area contributed by atoms with Crippen LogP contribution in [0.15, 0.2) is 22.7 Å². The Balaban J connectivity index is 2.16. The van der Waals surface area contributed by atoms with Gasteiger partial charge in [0.05, 0.1) is 6.04 Å². The van der Waals surface area contributed by atoms with Gasteiger partial charge in [0.15, 0.2) is 0 Å². The maximum atomic E-state index is 12.0. The summed E-state index contributed by atoms with van der Waals surface area (Å²) in [4.78, 5) is 13.8. The average molecular weight is 326 g/mol. The molecule has 0 bridgehead atoms. The standard InChI is InChI=1S/C14H20BrN3O/c1-9-4-5-10(15)6-11(9)12-7-18(13(19)17-12)8-14(2,3)16/h4-6,12H,7-8,16H2,1-3H3,(H,17,19). The Morgan fingerprint density at radius 1 is 1.53 bits per heavy atom. The number of nitrogens with one attached hydrogen (secondary N) is 1. The van der Waals surface area contributed by atoms with Crippen molar-refractivity contribution in [1.29, 1.82) is 0 Å². The maximum Gasteiger partial charge on any atom is 0.318 e. The number of halogens is 1. The number of nitrogens with zero attached hydrogens (tertiary/aromatic N) is 1. The first-order valence-electron chi connectivity index (χ1n) is 6.37. The summed E-state index contributed by atoms with van der Waals surface area (Å²) < 4.78 is 1.03. The van der Waals surface area contributed by atoms with Gasteiger partial charge in [0.2, 0.25) is 0 Å². The summed E-state index contributed by atoms with van der Waals surface area (Å²) in [6.45, 7) is 7.14. The maximum absolute atomic E-state index is 12.0. The van der Waals surface area contributed by atoms with Gasteiger partial charge in [-0.05, 0) is 44.0 Å². The third-order valence-electron chi connectivity index (χ3n) is 3.20. The molecule has 0 saturated carbocycles. The van der Waals surface area contributed by atoms with Crippen molar-refractivity contribution < 1.29 is 4.79 Å². The molecule has 3 N–H and O–H groups in total. The highest BCUT2D eigenvalue weighted by Crippen LogP contribution is 2.26. The van der Waals surface area contributed by atoms with Crippen LogP contribution >= 0.6 is 15.9 Å². The normalized spacial score (nSPS) is 19.7. The van der Waals surface area contributed by atoms with Crippen molar-refractivity contribution in [3.63, 3.8) is 0 Å². The fraction of sp³-hybridized carbons (Fsp3) is 0.500. The minimum absolute atomic E-state index is 0.0346. The van der Waals surface area contributed by atoms with Crippen LogP contribution in [0, 0.1) is 6.92 Å². The summed E-state index contributed by atoms with van der Waals surface area (Å²) in [5.41, 5.74) is 7.95. The lowest BCUT2D eigenvalue weighted by Crippen LogP contribution is -2.46. The molecule has 4 nitrogen and oxygen atoms in total. The minimum atomic E-state index is -0.376. The van der Waals surface area contributed by atoms with E-state index in [1.807, 2.05) is 19.9 Å². The Morgan fingerprint density at radius 2 is 2.21 bits per heavy atom. The van der Waals surface area contributed by atoms with Crippen LogP contribution in [0.2, 0.25) is 0 Å². The number of urea groups is 1. The van der Waals surface area contributed by atoms with E-state index in [2.05, 4.69) is 40.3 Å². The van der Waals surface area contributed by atoms with Gasteiger partial charge in [-0.2, -0.15) is 0 Å². The molecule has 2 amide bonds. The highest BCUT2D eigenvalue weighted by Gasteiger charge is 2.32. The zero-order valence-corrected chi connectivity index (χ0v) is 13.1. The number of hydrogen-bond acceptors (Lipinski definition) is 2. The van der Waals surface area contributed by atoms with E-state index in [4.69, 9.17) is 5.73 Å². The number of carbonyl (C=O) groups is 1. The molecule has 0 aliphatic carbocycles. The highest BCUT2D eigenvalue weighted by atomic mass is 79.9. The van der Waals surface area contributed by atoms with Crippen LogP contribution in [-0.2, 0) is 0 Å². The van der Waals surface area contributed by atoms with Gasteiger partial charge in [-0.15, -0.1) is 0 Å². The Bertz CT molecular complexity index is 496. The predicted molar refractivity (Wildman–Crippen MR) is 80.0 cm³/mol. The van der Waals surface area contributed by atoms with Crippen LogP contribution in [0.1, 0.15) is 31.0 Å². The van der Waals surface area contributed by atoms with Crippen molar-refractivity contribution in [2.24, 2.45) is 5.73 Å². The van der Waals surface area contributed by atoms with Crippen molar-refractivity contribution in [3.8, 4) is 0 Å². The van der Waals surface area contributed by atoms with Crippen LogP contribution in [-0.4, -0.2) is 29.6 Å². The second kappa shape index (κ2) is 5.13. The van der Waals surface area contributed by atoms with Crippen molar-refractivity contribution in [1.82, 2.24) is 10.2 Å². The van der Waals surface area contributed by atoms with E-state index < -0.39 is 0 Å². The number of benzene rings is 1. The molecule has 104 valence electrons. The molecule has 1 aromatic rings. The predicted octanol–water partition coefficient (Wildman–Crippen LogP) is 2.56. The first kappa shape index (κ1) is 14.3. The molecule has 0 radical (unpaired) electrons. The first-order chi connectivity index (χ1) is 8.76. The van der Waals surface area contributed by atoms with Gasteiger partial charge >= 0.3 is 6.03 Å². The molecular weight excluding hydrogens is 306 g/mol. The van der Waals surface area contributed by atoms with E-state index in [1.54, 1.807) is 4.90 Å². The van der Waals surface area contributed by atoms with Gasteiger partial charge in [-0.25, -0.2) is 4.79 Å². The molecule has 1 saturated heterocycles. The Morgan fingerprint density at radius 3 is 2.84 bits per heavy atom. The molecule has 1 aromatic carbocycles. The average Bonchev–Trinajstić information content (AvgIpc) is 2.61. The molecule has 1 heterocycles. The zero-order valence-electron chi connectivity index (χ0n) is 11.5. The van der Waals surface area contributed by atoms with Gasteiger partial charge in [0.25, 0.3) is 0 Å². The second-order valence-corrected chi connectivity index (χ2v) is 6.79. The number of rotatable bonds is 3. The molecule has 1 aliphatic rings. The third kappa shape index (κ3) is 3.48. The SMILES string of the molecule is Cc1ccc(Br)cc1C1CN(CC(C)(C)N)C(=O)N1. The van der Waals surface area contributed by atoms with E-state index >= 15 is 0 Å². The summed E-state index contributed by atoms with van der Waals surface area (Å²) in [5.74, 6) is 0. The first-order valence-corrected chi connectivity index (χ1v) is 7.16. The lowest BCUT2D eigenvalue weighted by atomic mass is 10.0. The lowest BCUT2D eigenvalue weighted by Gasteiger charge is -2.25. The Labute approximate surface area is 122 Å². The van der Waals surface area contributed by atoms with Crippen molar-refractivity contribution >= 4 is 22.0 Å². The molecule has 1 aliphatic heterocycles. The molecule has 0 spiro atoms. The molecule has 1 unspecified atom stereocenters. The fourth-order valence-electron chi connectivity index (χ4n) is 2.38. The van der Waals surface area contributed by atoms with Crippen molar-refractivity contribution in [2.45, 2.75) is 32.4 Å². The van der Waals surface area contributed by atoms with Gasteiger partial charge in [-0.3, -0.25) is 0 Å². The van der Waals surface area contributed by atoms with Crippen LogP contribution in [0.3, 0.4) is 0 Å². The molecular formula is C14H20BrN3O. The van der Waals surface area contributed by atoms with Crippen molar-refractivity contribution in [3.05, 3.63) is 33.8 Å². The van der Waals surface area contributed by atoms with E-state index in [-0.39, 0.29) is 17.6 Å². The number of amides is 2. The summed E-state index contributed by atoms with van der Waals surface area (Å²) in [7, 11) is 0. The monoisotopic (exact) mass is 325 g/mol. The summed E-state index contributed by atoms with van der Waals surface area (Å²) >= 11 is 3.48. The van der Waals surface area contributed by atoms with E-state index in [1.165, 1.54) is 5.56 Å². The Hall–Kier alpha value is -1.07. The quantitative estimate of drug-likeness (QED) is 0.897. The van der Waals surface area contributed by atoms with Gasteiger partial charge in [0.1, 0.15) is 0 Å². The van der Waals surface area contributed by atoms with Crippen LogP contribution < -0.4 is 11.1 Å². The molecule has 5 heteroatoms. The summed E-state index contributed by atoms with van der Waals surface area (Å²) in [6.07, 6.45) is 0. The van der Waals surface area contributed by atoms with Crippen LogP contribution in [0.4, 0.5) is 4.79 Å². The van der Waals surface area contributed by atoms with E-state index in [0.29, 0.717) is 13.1 Å². The van der Waals surface area contributed by atoms with E-state index in [0.717, 1.165) is 10.0 Å². The lowest BCUT2D eigenvalue weighted by molar-refractivity contribution is 0.207. The van der Waals surface area contributed by atoms with Crippen molar-refractivity contribution in [2.75, 3.05) is 13.1 Å². The number of carbonyl (C=O) groups excluding carboxylic acids is 1. The third-order valence-corrected chi connectivity index (χ3v) is 3.70. The summed E-state index contributed by atoms with van der Waals surface area (Å²) in [5, 5.41) is 3.02. The zero-order chi connectivity index (χ0) is 14.2. The smallest absolute Gasteiger partial charge is 0.318 e. The minimum Gasteiger partial charge on any atom is -0.329 e. The molecule has 1 atom stereocenters. The van der Waals surface area contributed by atoms with Crippen LogP contribution in [0.25, 0.3) is 0 Å². The number of nitrogens with two attached hydrogens (primary N) is 1. The van der Waals surface area contributed by atoms with E-state index in [9.17, 15) is 4.79 Å². The number of hydrogen-bond donors (Lipinski definition) is 2. The summed E-state index contributed by atoms with van der Waals surface area (Å²) in [6, 6.07) is 6.13. The topological polar surface area (TPSA) is 58.4 Å². The Kier molecular flexibility index (Phi) is 3.87. The molecule has 19 heavy (non-hydrogen) atoms. The largest absolute Gasteiger partial charge is 0.329 e. The van der Waals surface area contributed by atoms with Gasteiger partial charge in [-0.1, -0.05) is 22.0 Å². The van der Waals surface area contributed by atoms with Gasteiger partial charge < -0.3 is 16.0 Å². The van der Waals surface area contributed by atoms with Crippen LogP contribution in [0.5, 0.6) is 0 Å². The highest BCUT2D eigenvalue weighted by molar-refractivity contribution is 9.10. The second-order valence-electron chi connectivity index (χ2n) is 5.87. The molecule has 2 rings (SSSR count). The fourth-order valence-corrected chi connectivity index (χ4v) is 2.76. The van der Waals surface area contributed by atoms with Gasteiger partial charge in [0, 0.05) is 23.1 Å².